The van der Waals surface area contributed by atoms with Gasteiger partial charge in [-0.05, 0) is 24.3 Å². The minimum Gasteiger partial charge on any atom is -0.326 e. The van der Waals surface area contributed by atoms with Crippen molar-refractivity contribution in [1.82, 2.24) is 4.98 Å². The maximum atomic E-state index is 12.1. The summed E-state index contributed by atoms with van der Waals surface area (Å²) in [5.41, 5.74) is 2.65. The molecule has 0 aliphatic carbocycles. The Bertz CT molecular complexity index is 769. The van der Waals surface area contributed by atoms with Crippen LogP contribution in [0.3, 0.4) is 0 Å². The molecule has 0 radical (unpaired) electrons. The largest absolute Gasteiger partial charge is 0.326 e. The molecule has 3 nitrogen and oxygen atoms in total. The summed E-state index contributed by atoms with van der Waals surface area (Å²) >= 11 is 4.92. The van der Waals surface area contributed by atoms with Gasteiger partial charge in [0.1, 0.15) is 5.01 Å². The molecular formula is C17H13BrN2OS. The highest BCUT2D eigenvalue weighted by Gasteiger charge is 2.09. The third-order valence-electron chi connectivity index (χ3n) is 3.04. The van der Waals surface area contributed by atoms with Crippen molar-refractivity contribution in [1.29, 1.82) is 0 Å². The number of carbonyl (C=O) groups is 1. The van der Waals surface area contributed by atoms with Gasteiger partial charge in [-0.2, -0.15) is 0 Å². The summed E-state index contributed by atoms with van der Waals surface area (Å²) in [6, 6.07) is 17.5. The van der Waals surface area contributed by atoms with E-state index in [1.54, 1.807) is 11.3 Å². The van der Waals surface area contributed by atoms with Gasteiger partial charge in [0.2, 0.25) is 5.91 Å². The first-order valence-electron chi connectivity index (χ1n) is 6.76. The smallest absolute Gasteiger partial charge is 0.230 e. The van der Waals surface area contributed by atoms with Crippen LogP contribution in [-0.2, 0) is 11.2 Å². The van der Waals surface area contributed by atoms with Crippen LogP contribution in [0.5, 0.6) is 0 Å². The van der Waals surface area contributed by atoms with E-state index in [0.29, 0.717) is 0 Å². The van der Waals surface area contributed by atoms with Crippen molar-refractivity contribution >= 4 is 38.9 Å². The van der Waals surface area contributed by atoms with Gasteiger partial charge in [0.05, 0.1) is 12.1 Å². The standard InChI is InChI=1S/C17H13BrN2OS/c18-13-6-8-14(9-7-13)19-16(21)10-15-11-22-17(20-15)12-4-2-1-3-5-12/h1-9,11H,10H2,(H,19,21). The second-order valence-electron chi connectivity index (χ2n) is 4.74. The Kier molecular flexibility index (Phi) is 4.65. The minimum atomic E-state index is -0.0627. The Morgan fingerprint density at radius 2 is 1.82 bits per heavy atom. The zero-order valence-corrected chi connectivity index (χ0v) is 14.0. The van der Waals surface area contributed by atoms with Crippen molar-refractivity contribution < 1.29 is 4.79 Å². The third kappa shape index (κ3) is 3.81. The van der Waals surface area contributed by atoms with Gasteiger partial charge in [-0.25, -0.2) is 4.98 Å². The summed E-state index contributed by atoms with van der Waals surface area (Å²) in [7, 11) is 0. The summed E-state index contributed by atoms with van der Waals surface area (Å²) < 4.78 is 0.984. The maximum absolute atomic E-state index is 12.1. The van der Waals surface area contributed by atoms with Crippen LogP contribution in [0.25, 0.3) is 10.6 Å². The predicted octanol–water partition coefficient (Wildman–Crippen LogP) is 4.75. The molecule has 110 valence electrons. The lowest BCUT2D eigenvalue weighted by atomic mass is 10.2. The molecule has 0 fully saturated rings. The summed E-state index contributed by atoms with van der Waals surface area (Å²) in [4.78, 5) is 16.6. The van der Waals surface area contributed by atoms with Gasteiger partial charge >= 0.3 is 0 Å². The van der Waals surface area contributed by atoms with Gasteiger partial charge in [0.25, 0.3) is 0 Å². The van der Waals surface area contributed by atoms with Gasteiger partial charge in [-0.1, -0.05) is 46.3 Å². The van der Waals surface area contributed by atoms with E-state index in [1.165, 1.54) is 0 Å². The number of rotatable bonds is 4. The fourth-order valence-corrected chi connectivity index (χ4v) is 3.09. The van der Waals surface area contributed by atoms with Crippen LogP contribution in [0, 0.1) is 0 Å². The molecule has 0 aliphatic heterocycles. The van der Waals surface area contributed by atoms with Crippen LogP contribution in [0.15, 0.2) is 64.5 Å². The molecule has 0 saturated carbocycles. The van der Waals surface area contributed by atoms with E-state index in [0.717, 1.165) is 26.4 Å². The molecule has 1 amide bonds. The number of nitrogens with one attached hydrogen (secondary N) is 1. The number of anilines is 1. The van der Waals surface area contributed by atoms with Crippen LogP contribution in [0.2, 0.25) is 0 Å². The molecule has 3 aromatic rings. The molecule has 0 bridgehead atoms. The molecule has 2 aromatic carbocycles. The zero-order valence-electron chi connectivity index (χ0n) is 11.6. The number of benzene rings is 2. The van der Waals surface area contributed by atoms with Crippen LogP contribution < -0.4 is 5.32 Å². The number of nitrogens with zero attached hydrogens (tertiary/aromatic N) is 1. The van der Waals surface area contributed by atoms with Crippen LogP contribution in [0.1, 0.15) is 5.69 Å². The first kappa shape index (κ1) is 14.9. The highest BCUT2D eigenvalue weighted by molar-refractivity contribution is 9.10. The number of carbonyl (C=O) groups excluding carboxylic acids is 1. The maximum Gasteiger partial charge on any atom is 0.230 e. The number of thiazole rings is 1. The highest BCUT2D eigenvalue weighted by atomic mass is 79.9. The number of hydrogen-bond acceptors (Lipinski definition) is 3. The topological polar surface area (TPSA) is 42.0 Å². The van der Waals surface area contributed by atoms with E-state index in [1.807, 2.05) is 60.0 Å². The van der Waals surface area contributed by atoms with Crippen molar-refractivity contribution in [2.24, 2.45) is 0 Å². The third-order valence-corrected chi connectivity index (χ3v) is 4.51. The molecule has 0 saturated heterocycles. The fraction of sp³-hybridized carbons (Fsp3) is 0.0588. The van der Waals surface area contributed by atoms with E-state index < -0.39 is 0 Å². The van der Waals surface area contributed by atoms with Crippen molar-refractivity contribution in [3.05, 3.63) is 70.1 Å². The normalized spacial score (nSPS) is 10.4. The average Bonchev–Trinajstić information content (AvgIpc) is 2.99. The summed E-state index contributed by atoms with van der Waals surface area (Å²) in [6.45, 7) is 0. The molecule has 0 atom stereocenters. The van der Waals surface area contributed by atoms with Gasteiger partial charge in [0.15, 0.2) is 0 Å². The Balaban J connectivity index is 1.65. The first-order chi connectivity index (χ1) is 10.7. The molecular weight excluding hydrogens is 360 g/mol. The van der Waals surface area contributed by atoms with E-state index in [-0.39, 0.29) is 12.3 Å². The molecule has 1 N–H and O–H groups in total. The van der Waals surface area contributed by atoms with Crippen molar-refractivity contribution in [2.45, 2.75) is 6.42 Å². The second-order valence-corrected chi connectivity index (χ2v) is 6.52. The van der Waals surface area contributed by atoms with E-state index in [2.05, 4.69) is 26.2 Å². The summed E-state index contributed by atoms with van der Waals surface area (Å²) in [6.07, 6.45) is 0.277. The Morgan fingerprint density at radius 1 is 1.09 bits per heavy atom. The van der Waals surface area contributed by atoms with Gasteiger partial charge in [-0.15, -0.1) is 11.3 Å². The van der Waals surface area contributed by atoms with Crippen LogP contribution >= 0.6 is 27.3 Å². The molecule has 1 aromatic heterocycles. The van der Waals surface area contributed by atoms with Crippen molar-refractivity contribution in [2.75, 3.05) is 5.32 Å². The number of hydrogen-bond donors (Lipinski definition) is 1. The average molecular weight is 373 g/mol. The lowest BCUT2D eigenvalue weighted by molar-refractivity contribution is -0.115. The molecule has 0 unspecified atom stereocenters. The van der Waals surface area contributed by atoms with E-state index >= 15 is 0 Å². The van der Waals surface area contributed by atoms with Gasteiger partial charge in [0, 0.05) is 21.1 Å². The van der Waals surface area contributed by atoms with Crippen LogP contribution in [-0.4, -0.2) is 10.9 Å². The summed E-state index contributed by atoms with van der Waals surface area (Å²) in [5.74, 6) is -0.0627. The molecule has 1 heterocycles. The first-order valence-corrected chi connectivity index (χ1v) is 8.43. The Labute approximate surface area is 141 Å². The zero-order chi connectivity index (χ0) is 15.4. The fourth-order valence-electron chi connectivity index (χ4n) is 2.00. The molecule has 0 aliphatic rings. The Hall–Kier alpha value is -1.98. The summed E-state index contributed by atoms with van der Waals surface area (Å²) in [5, 5.41) is 5.74. The van der Waals surface area contributed by atoms with Gasteiger partial charge in [-0.3, -0.25) is 4.79 Å². The highest BCUT2D eigenvalue weighted by Crippen LogP contribution is 2.23. The lowest BCUT2D eigenvalue weighted by Crippen LogP contribution is -2.14. The predicted molar refractivity (Wildman–Crippen MR) is 94.0 cm³/mol. The lowest BCUT2D eigenvalue weighted by Gasteiger charge is -2.03. The second kappa shape index (κ2) is 6.85. The SMILES string of the molecule is O=C(Cc1csc(-c2ccccc2)n1)Nc1ccc(Br)cc1. The quantitative estimate of drug-likeness (QED) is 0.717. The van der Waals surface area contributed by atoms with Crippen molar-refractivity contribution in [3.63, 3.8) is 0 Å². The van der Waals surface area contributed by atoms with Crippen molar-refractivity contribution in [3.8, 4) is 10.6 Å². The molecule has 22 heavy (non-hydrogen) atoms. The molecule has 5 heteroatoms. The van der Waals surface area contributed by atoms with E-state index in [9.17, 15) is 4.79 Å². The van der Waals surface area contributed by atoms with E-state index in [4.69, 9.17) is 0 Å². The Morgan fingerprint density at radius 3 is 2.55 bits per heavy atom. The molecule has 0 spiro atoms. The minimum absolute atomic E-state index is 0.0627. The van der Waals surface area contributed by atoms with Crippen LogP contribution in [0.4, 0.5) is 5.69 Å². The number of amides is 1. The van der Waals surface area contributed by atoms with Gasteiger partial charge < -0.3 is 5.32 Å². The number of aromatic nitrogens is 1. The monoisotopic (exact) mass is 372 g/mol. The number of halogens is 1. The molecule has 3 rings (SSSR count).